The lowest BCUT2D eigenvalue weighted by atomic mass is 10.1. The fraction of sp³-hybridized carbons (Fsp3) is 0.312. The molecular formula is C16H22N2OS. The van der Waals surface area contributed by atoms with Crippen molar-refractivity contribution in [2.45, 2.75) is 6.42 Å². The molecule has 108 valence electrons. The lowest BCUT2D eigenvalue weighted by Crippen LogP contribution is -2.23. The van der Waals surface area contributed by atoms with E-state index < -0.39 is 0 Å². The van der Waals surface area contributed by atoms with E-state index in [0.29, 0.717) is 5.75 Å². The van der Waals surface area contributed by atoms with Crippen molar-refractivity contribution in [3.8, 4) is 0 Å². The van der Waals surface area contributed by atoms with Crippen LogP contribution in [-0.4, -0.2) is 31.0 Å². The summed E-state index contributed by atoms with van der Waals surface area (Å²) in [6.07, 6.45) is 1.12. The highest BCUT2D eigenvalue weighted by Crippen LogP contribution is 2.11. The molecule has 0 aliphatic carbocycles. The number of nitrogens with two attached hydrogens (primary N) is 1. The van der Waals surface area contributed by atoms with E-state index in [1.807, 2.05) is 0 Å². The van der Waals surface area contributed by atoms with Gasteiger partial charge in [0, 0.05) is 6.54 Å². The van der Waals surface area contributed by atoms with Crippen molar-refractivity contribution < 1.29 is 4.79 Å². The molecule has 0 bridgehead atoms. The molecule has 3 N–H and O–H groups in total. The number of hydrogen-bond donors (Lipinski definition) is 2. The molecule has 0 unspecified atom stereocenters. The van der Waals surface area contributed by atoms with Gasteiger partial charge in [-0.25, -0.2) is 0 Å². The third kappa shape index (κ3) is 6.08. The van der Waals surface area contributed by atoms with Crippen molar-refractivity contribution in [2.24, 2.45) is 5.73 Å². The quantitative estimate of drug-likeness (QED) is 0.784. The second kappa shape index (κ2) is 10.3. The van der Waals surface area contributed by atoms with Gasteiger partial charge >= 0.3 is 0 Å². The number of carbonyl (C=O) groups is 1. The maximum atomic E-state index is 10.6. The lowest BCUT2D eigenvalue weighted by Gasteiger charge is -1.93. The molecule has 2 aromatic carbocycles. The van der Waals surface area contributed by atoms with E-state index in [4.69, 9.17) is 0 Å². The molecule has 1 aliphatic heterocycles. The van der Waals surface area contributed by atoms with Gasteiger partial charge in [0.2, 0.25) is 5.91 Å². The summed E-state index contributed by atoms with van der Waals surface area (Å²) in [5.74, 6) is 1.96. The van der Waals surface area contributed by atoms with Crippen LogP contribution in [0.5, 0.6) is 0 Å². The third-order valence-electron chi connectivity index (χ3n) is 2.68. The van der Waals surface area contributed by atoms with E-state index >= 15 is 0 Å². The maximum absolute atomic E-state index is 10.6. The van der Waals surface area contributed by atoms with Gasteiger partial charge in [-0.3, -0.25) is 4.79 Å². The van der Waals surface area contributed by atoms with Crippen LogP contribution in [0.4, 0.5) is 0 Å². The smallest absolute Gasteiger partial charge is 0.229 e. The number of hydrogen-bond acceptors (Lipinski definition) is 3. The van der Waals surface area contributed by atoms with Gasteiger partial charge in [-0.2, -0.15) is 11.8 Å². The van der Waals surface area contributed by atoms with Gasteiger partial charge in [-0.15, -0.1) is 0 Å². The molecule has 1 fully saturated rings. The van der Waals surface area contributed by atoms with Crippen molar-refractivity contribution in [1.29, 1.82) is 0 Å². The number of benzene rings is 2. The molecule has 1 aliphatic rings. The predicted octanol–water partition coefficient (Wildman–Crippen LogP) is 2.65. The molecular weight excluding hydrogens is 268 g/mol. The number of rotatable bonds is 0. The van der Waals surface area contributed by atoms with E-state index in [-0.39, 0.29) is 5.91 Å². The Balaban J connectivity index is 0.000000182. The van der Waals surface area contributed by atoms with Crippen LogP contribution in [-0.2, 0) is 4.79 Å². The minimum atomic E-state index is 0.188. The van der Waals surface area contributed by atoms with Crippen LogP contribution in [0.3, 0.4) is 0 Å². The summed E-state index contributed by atoms with van der Waals surface area (Å²) in [6.45, 7) is 0.867. The molecule has 0 aromatic heterocycles. The zero-order valence-corrected chi connectivity index (χ0v) is 12.7. The summed E-state index contributed by atoms with van der Waals surface area (Å²) in [5.41, 5.74) is 4.50. The summed E-state index contributed by atoms with van der Waals surface area (Å²) < 4.78 is 0. The molecule has 1 amide bonds. The van der Waals surface area contributed by atoms with Crippen molar-refractivity contribution in [3.05, 3.63) is 48.5 Å². The predicted molar refractivity (Wildman–Crippen MR) is 89.0 cm³/mol. The lowest BCUT2D eigenvalue weighted by molar-refractivity contribution is -0.118. The number of amides is 1. The van der Waals surface area contributed by atoms with Crippen LogP contribution in [0.1, 0.15) is 6.42 Å². The minimum absolute atomic E-state index is 0.188. The first-order valence-corrected chi connectivity index (χ1v) is 7.88. The number of thioether (sulfide) groups is 1. The molecule has 0 radical (unpaired) electrons. The Morgan fingerprint density at radius 3 is 2.00 bits per heavy atom. The van der Waals surface area contributed by atoms with E-state index in [0.717, 1.165) is 18.7 Å². The van der Waals surface area contributed by atoms with Crippen LogP contribution < -0.4 is 11.1 Å². The summed E-state index contributed by atoms with van der Waals surface area (Å²) in [4.78, 5) is 10.6. The molecule has 0 saturated carbocycles. The fourth-order valence-electron chi connectivity index (χ4n) is 1.75. The molecule has 4 heteroatoms. The molecule has 0 atom stereocenters. The Morgan fingerprint density at radius 2 is 1.50 bits per heavy atom. The Bertz CT molecular complexity index is 441. The van der Waals surface area contributed by atoms with Crippen molar-refractivity contribution >= 4 is 28.4 Å². The molecule has 0 spiro atoms. The SMILES string of the molecule is CN.O=C1CSCCCN1.c1ccc2ccccc2c1. The number of nitrogens with one attached hydrogen (secondary N) is 1. The number of fused-ring (bicyclic) bond motifs is 1. The minimum Gasteiger partial charge on any atom is -0.355 e. The first kappa shape index (κ1) is 16.5. The maximum Gasteiger partial charge on any atom is 0.229 e. The highest BCUT2D eigenvalue weighted by atomic mass is 32.2. The van der Waals surface area contributed by atoms with Crippen LogP contribution in [0.2, 0.25) is 0 Å². The number of carbonyl (C=O) groups excluding carboxylic acids is 1. The molecule has 2 aromatic rings. The van der Waals surface area contributed by atoms with Gasteiger partial charge in [0.25, 0.3) is 0 Å². The molecule has 1 heterocycles. The van der Waals surface area contributed by atoms with Crippen LogP contribution in [0, 0.1) is 0 Å². The molecule has 20 heavy (non-hydrogen) atoms. The summed E-state index contributed by atoms with van der Waals surface area (Å²) in [6, 6.07) is 16.7. The Morgan fingerprint density at radius 1 is 1.00 bits per heavy atom. The zero-order valence-electron chi connectivity index (χ0n) is 11.8. The van der Waals surface area contributed by atoms with E-state index in [2.05, 4.69) is 59.6 Å². The highest BCUT2D eigenvalue weighted by Gasteiger charge is 2.03. The largest absolute Gasteiger partial charge is 0.355 e. The van der Waals surface area contributed by atoms with Gasteiger partial charge in [0.15, 0.2) is 0 Å². The van der Waals surface area contributed by atoms with Crippen molar-refractivity contribution in [3.63, 3.8) is 0 Å². The van der Waals surface area contributed by atoms with Crippen LogP contribution >= 0.6 is 11.8 Å². The second-order valence-corrected chi connectivity index (χ2v) is 5.21. The average molecular weight is 290 g/mol. The topological polar surface area (TPSA) is 55.1 Å². The normalized spacial score (nSPS) is 14.0. The molecule has 3 rings (SSSR count). The first-order valence-electron chi connectivity index (χ1n) is 6.72. The van der Waals surface area contributed by atoms with Crippen molar-refractivity contribution in [1.82, 2.24) is 5.32 Å². The zero-order chi connectivity index (χ0) is 14.6. The van der Waals surface area contributed by atoms with Crippen molar-refractivity contribution in [2.75, 3.05) is 25.1 Å². The monoisotopic (exact) mass is 290 g/mol. The van der Waals surface area contributed by atoms with Gasteiger partial charge in [-0.05, 0) is 30.0 Å². The Labute approximate surface area is 124 Å². The second-order valence-electron chi connectivity index (χ2n) is 4.10. The van der Waals surface area contributed by atoms with Crippen LogP contribution in [0.15, 0.2) is 48.5 Å². The summed E-state index contributed by atoms with van der Waals surface area (Å²) in [5, 5.41) is 5.41. The molecule has 1 saturated heterocycles. The van der Waals surface area contributed by atoms with Gasteiger partial charge < -0.3 is 11.1 Å². The standard InChI is InChI=1S/C10H8.C5H9NOS.CH5N/c1-2-6-10-8-4-3-7-9(10)5-1;7-5-4-8-3-1-2-6-5;1-2/h1-8H;1-4H2,(H,6,7);2H2,1H3. The van der Waals surface area contributed by atoms with E-state index in [1.165, 1.54) is 17.8 Å². The van der Waals surface area contributed by atoms with E-state index in [1.54, 1.807) is 11.8 Å². The van der Waals surface area contributed by atoms with Crippen LogP contribution in [0.25, 0.3) is 10.8 Å². The summed E-state index contributed by atoms with van der Waals surface area (Å²) >= 11 is 1.71. The summed E-state index contributed by atoms with van der Waals surface area (Å²) in [7, 11) is 1.50. The Hall–Kier alpha value is -1.52. The molecule has 3 nitrogen and oxygen atoms in total. The Kier molecular flexibility index (Phi) is 8.51. The van der Waals surface area contributed by atoms with Gasteiger partial charge in [0.05, 0.1) is 5.75 Å². The average Bonchev–Trinajstić information content (AvgIpc) is 2.78. The highest BCUT2D eigenvalue weighted by molar-refractivity contribution is 7.99. The van der Waals surface area contributed by atoms with Gasteiger partial charge in [0.1, 0.15) is 0 Å². The third-order valence-corrected chi connectivity index (χ3v) is 3.72. The fourth-order valence-corrected chi connectivity index (χ4v) is 2.53. The van der Waals surface area contributed by atoms with Gasteiger partial charge in [-0.1, -0.05) is 48.5 Å². The van der Waals surface area contributed by atoms with E-state index in [9.17, 15) is 4.79 Å². The first-order chi connectivity index (χ1) is 9.86.